The number of amides is 1. The van der Waals surface area contributed by atoms with Gasteiger partial charge in [-0.3, -0.25) is 4.79 Å². The monoisotopic (exact) mass is 341 g/mol. The summed E-state index contributed by atoms with van der Waals surface area (Å²) in [6, 6.07) is 0.368. The van der Waals surface area contributed by atoms with Crippen molar-refractivity contribution in [3.63, 3.8) is 0 Å². The highest BCUT2D eigenvalue weighted by atomic mass is 35.5. The van der Waals surface area contributed by atoms with E-state index in [0.29, 0.717) is 17.2 Å². The molecule has 0 aromatic carbocycles. The number of rotatable bonds is 5. The van der Waals surface area contributed by atoms with E-state index in [0.717, 1.165) is 38.9 Å². The predicted octanol–water partition coefficient (Wildman–Crippen LogP) is 2.32. The Labute approximate surface area is 144 Å². The summed E-state index contributed by atoms with van der Waals surface area (Å²) >= 11 is 0. The molecule has 1 amide bonds. The molecular weight excluding hydrogens is 314 g/mol. The lowest BCUT2D eigenvalue weighted by molar-refractivity contribution is 0.0923. The smallest absolute Gasteiger partial charge is 0.273 e. The number of hydrogen-bond donors (Lipinski definition) is 2. The van der Waals surface area contributed by atoms with Gasteiger partial charge in [0.25, 0.3) is 5.91 Å². The number of hydrogen-bond acceptors (Lipinski definition) is 4. The lowest BCUT2D eigenvalue weighted by Crippen LogP contribution is -2.35. The summed E-state index contributed by atoms with van der Waals surface area (Å²) < 4.78 is 1.86. The number of aromatic nitrogens is 3. The maximum absolute atomic E-state index is 12.3. The fraction of sp³-hybridized carbons (Fsp3) is 0.812. The fourth-order valence-corrected chi connectivity index (χ4v) is 3.77. The Morgan fingerprint density at radius 2 is 2.09 bits per heavy atom. The molecule has 3 rings (SSSR count). The zero-order chi connectivity index (χ0) is 15.4. The minimum absolute atomic E-state index is 0. The van der Waals surface area contributed by atoms with Gasteiger partial charge in [0.1, 0.15) is 0 Å². The molecule has 0 spiro atoms. The molecule has 1 saturated carbocycles. The summed E-state index contributed by atoms with van der Waals surface area (Å²) in [4.78, 5) is 12.3. The average Bonchev–Trinajstić information content (AvgIpc) is 3.24. The number of nitrogens with zero attached hydrogens (tertiary/aromatic N) is 3. The van der Waals surface area contributed by atoms with Gasteiger partial charge in [0.15, 0.2) is 5.69 Å². The minimum Gasteiger partial charge on any atom is -0.350 e. The van der Waals surface area contributed by atoms with E-state index >= 15 is 0 Å². The summed E-state index contributed by atoms with van der Waals surface area (Å²) in [7, 11) is 0. The van der Waals surface area contributed by atoms with Crippen LogP contribution in [0, 0.1) is 5.41 Å². The molecule has 23 heavy (non-hydrogen) atoms. The van der Waals surface area contributed by atoms with Crippen molar-refractivity contribution in [2.75, 3.05) is 19.6 Å². The van der Waals surface area contributed by atoms with E-state index < -0.39 is 0 Å². The number of piperidine rings is 1. The van der Waals surface area contributed by atoms with E-state index in [1.54, 1.807) is 6.20 Å². The van der Waals surface area contributed by atoms with Crippen LogP contribution in [-0.4, -0.2) is 40.5 Å². The third-order valence-electron chi connectivity index (χ3n) is 5.46. The van der Waals surface area contributed by atoms with E-state index in [1.165, 1.54) is 25.7 Å². The minimum atomic E-state index is -0.0834. The highest BCUT2D eigenvalue weighted by molar-refractivity contribution is 5.91. The van der Waals surface area contributed by atoms with Crippen LogP contribution in [0.2, 0.25) is 0 Å². The van der Waals surface area contributed by atoms with Crippen LogP contribution in [-0.2, 0) is 0 Å². The summed E-state index contributed by atoms with van der Waals surface area (Å²) in [5.74, 6) is -0.0834. The van der Waals surface area contributed by atoms with Crippen molar-refractivity contribution in [1.29, 1.82) is 0 Å². The largest absolute Gasteiger partial charge is 0.350 e. The molecule has 1 saturated heterocycles. The van der Waals surface area contributed by atoms with E-state index in [-0.39, 0.29) is 18.3 Å². The van der Waals surface area contributed by atoms with Gasteiger partial charge < -0.3 is 10.6 Å². The molecule has 1 aliphatic carbocycles. The highest BCUT2D eigenvalue weighted by Gasteiger charge is 2.32. The van der Waals surface area contributed by atoms with Gasteiger partial charge in [0, 0.05) is 6.54 Å². The Kier molecular flexibility index (Phi) is 6.41. The van der Waals surface area contributed by atoms with E-state index in [4.69, 9.17) is 0 Å². The van der Waals surface area contributed by atoms with Gasteiger partial charge in [0.05, 0.1) is 12.2 Å². The molecule has 2 heterocycles. The molecule has 2 N–H and O–H groups in total. The molecule has 2 fully saturated rings. The summed E-state index contributed by atoms with van der Waals surface area (Å²) in [6.07, 6.45) is 10.1. The maximum Gasteiger partial charge on any atom is 0.273 e. The third kappa shape index (κ3) is 4.23. The maximum atomic E-state index is 12.3. The molecule has 0 radical (unpaired) electrons. The molecule has 6 nitrogen and oxygen atoms in total. The second-order valence-corrected chi connectivity index (χ2v) is 6.81. The molecule has 0 bridgehead atoms. The molecular formula is C16H28ClN5O. The highest BCUT2D eigenvalue weighted by Crippen LogP contribution is 2.40. The number of carbonyl (C=O) groups is 1. The molecule has 1 aliphatic heterocycles. The van der Waals surface area contributed by atoms with Crippen molar-refractivity contribution < 1.29 is 4.79 Å². The van der Waals surface area contributed by atoms with Crippen LogP contribution in [0.1, 0.15) is 68.4 Å². The summed E-state index contributed by atoms with van der Waals surface area (Å²) in [5.41, 5.74) is 0.753. The number of halogens is 1. The second kappa shape index (κ2) is 8.11. The zero-order valence-electron chi connectivity index (χ0n) is 13.9. The van der Waals surface area contributed by atoms with Crippen molar-refractivity contribution in [3.8, 4) is 0 Å². The normalized spacial score (nSPS) is 20.9. The van der Waals surface area contributed by atoms with Crippen LogP contribution >= 0.6 is 12.4 Å². The summed E-state index contributed by atoms with van der Waals surface area (Å²) in [6.45, 7) is 5.00. The second-order valence-electron chi connectivity index (χ2n) is 6.81. The van der Waals surface area contributed by atoms with Gasteiger partial charge in [-0.1, -0.05) is 25.0 Å². The van der Waals surface area contributed by atoms with Gasteiger partial charge in [-0.05, 0) is 50.6 Å². The summed E-state index contributed by atoms with van der Waals surface area (Å²) in [5, 5.41) is 14.6. The quantitative estimate of drug-likeness (QED) is 0.862. The van der Waals surface area contributed by atoms with Crippen LogP contribution in [0.3, 0.4) is 0 Å². The van der Waals surface area contributed by atoms with Gasteiger partial charge in [0.2, 0.25) is 0 Å². The SMILES string of the molecule is CCC1(CNC(=O)c2cn(C3CCNCC3)nn2)CCCC1.Cl. The van der Waals surface area contributed by atoms with E-state index in [1.807, 2.05) is 4.68 Å². The van der Waals surface area contributed by atoms with Crippen LogP contribution < -0.4 is 10.6 Å². The van der Waals surface area contributed by atoms with Crippen molar-refractivity contribution in [3.05, 3.63) is 11.9 Å². The van der Waals surface area contributed by atoms with Crippen molar-refractivity contribution in [2.24, 2.45) is 5.41 Å². The Bertz CT molecular complexity index is 506. The Hall–Kier alpha value is -1.14. The molecule has 7 heteroatoms. The Morgan fingerprint density at radius 3 is 2.74 bits per heavy atom. The van der Waals surface area contributed by atoms with Gasteiger partial charge in [-0.25, -0.2) is 4.68 Å². The lowest BCUT2D eigenvalue weighted by atomic mass is 9.83. The van der Waals surface area contributed by atoms with Crippen LogP contribution in [0.4, 0.5) is 0 Å². The van der Waals surface area contributed by atoms with Crippen LogP contribution in [0.15, 0.2) is 6.20 Å². The Balaban J connectivity index is 0.00000192. The number of carbonyl (C=O) groups excluding carboxylic acids is 1. The van der Waals surface area contributed by atoms with Crippen LogP contribution in [0.5, 0.6) is 0 Å². The van der Waals surface area contributed by atoms with Crippen molar-refractivity contribution in [1.82, 2.24) is 25.6 Å². The standard InChI is InChI=1S/C16H27N5O.ClH/c1-2-16(7-3-4-8-16)12-18-15(22)14-11-21(20-19-14)13-5-9-17-10-6-13;/h11,13,17H,2-10,12H2,1H3,(H,18,22);1H. The first-order valence-electron chi connectivity index (χ1n) is 8.63. The first kappa shape index (κ1) is 18.2. The molecule has 1 aromatic rings. The topological polar surface area (TPSA) is 71.8 Å². The van der Waals surface area contributed by atoms with Crippen LogP contribution in [0.25, 0.3) is 0 Å². The molecule has 1 aromatic heterocycles. The first-order chi connectivity index (χ1) is 10.7. The van der Waals surface area contributed by atoms with Gasteiger partial charge >= 0.3 is 0 Å². The van der Waals surface area contributed by atoms with E-state index in [9.17, 15) is 4.79 Å². The van der Waals surface area contributed by atoms with Gasteiger partial charge in [-0.15, -0.1) is 17.5 Å². The predicted molar refractivity (Wildman–Crippen MR) is 91.9 cm³/mol. The molecule has 2 aliphatic rings. The molecule has 130 valence electrons. The fourth-order valence-electron chi connectivity index (χ4n) is 3.77. The zero-order valence-corrected chi connectivity index (χ0v) is 14.7. The van der Waals surface area contributed by atoms with Gasteiger partial charge in [-0.2, -0.15) is 0 Å². The number of nitrogens with one attached hydrogen (secondary N) is 2. The van der Waals surface area contributed by atoms with Crippen molar-refractivity contribution in [2.45, 2.75) is 57.9 Å². The average molecular weight is 342 g/mol. The van der Waals surface area contributed by atoms with Crippen molar-refractivity contribution >= 4 is 18.3 Å². The lowest BCUT2D eigenvalue weighted by Gasteiger charge is -2.27. The molecule has 0 unspecified atom stereocenters. The Morgan fingerprint density at radius 1 is 1.39 bits per heavy atom. The van der Waals surface area contributed by atoms with E-state index in [2.05, 4.69) is 27.9 Å². The first-order valence-corrected chi connectivity index (χ1v) is 8.63. The third-order valence-corrected chi connectivity index (χ3v) is 5.46. The molecule has 0 atom stereocenters.